The van der Waals surface area contributed by atoms with E-state index in [0.717, 1.165) is 5.56 Å². The summed E-state index contributed by atoms with van der Waals surface area (Å²) in [5, 5.41) is 3.87. The first-order chi connectivity index (χ1) is 17.0. The zero-order chi connectivity index (χ0) is 24.8. The predicted molar refractivity (Wildman–Crippen MR) is 123 cm³/mol. The molecular weight excluding hydrogens is 454 g/mol. The molecule has 3 amide bonds. The van der Waals surface area contributed by atoms with Crippen LogP contribution in [0.15, 0.2) is 42.5 Å². The van der Waals surface area contributed by atoms with Gasteiger partial charge >= 0.3 is 12.1 Å². The summed E-state index contributed by atoms with van der Waals surface area (Å²) in [7, 11) is 0. The number of benzene rings is 1. The smallest absolute Gasteiger partial charge is 0.408 e. The van der Waals surface area contributed by atoms with E-state index < -0.39 is 24.2 Å². The predicted octanol–water partition coefficient (Wildman–Crippen LogP) is 2.09. The number of nitrogens with one attached hydrogen (secondary N) is 1. The molecule has 3 aliphatic rings. The Bertz CT molecular complexity index is 967. The Labute approximate surface area is 204 Å². The highest BCUT2D eigenvalue weighted by Crippen LogP contribution is 2.31. The number of amides is 3. The van der Waals surface area contributed by atoms with Gasteiger partial charge in [0.05, 0.1) is 13.0 Å². The average molecular weight is 486 g/mol. The van der Waals surface area contributed by atoms with E-state index in [2.05, 4.69) is 5.32 Å². The average Bonchev–Trinajstić information content (AvgIpc) is 3.48. The summed E-state index contributed by atoms with van der Waals surface area (Å²) in [5.41, 5.74) is 0.835. The van der Waals surface area contributed by atoms with Crippen molar-refractivity contribution in [2.75, 3.05) is 13.2 Å². The highest BCUT2D eigenvalue weighted by Gasteiger charge is 2.47. The molecule has 3 aliphatic heterocycles. The first kappa shape index (κ1) is 24.7. The number of carbonyl (C=O) groups is 4. The van der Waals surface area contributed by atoms with Crippen molar-refractivity contribution in [1.82, 2.24) is 15.3 Å². The molecule has 0 bridgehead atoms. The molecule has 4 unspecified atom stereocenters. The van der Waals surface area contributed by atoms with Crippen LogP contribution >= 0.6 is 0 Å². The van der Waals surface area contributed by atoms with E-state index in [-0.39, 0.29) is 50.1 Å². The molecular formula is C25H31N3O7. The van der Waals surface area contributed by atoms with Crippen molar-refractivity contribution >= 4 is 23.9 Å². The summed E-state index contributed by atoms with van der Waals surface area (Å²) in [6.07, 6.45) is 5.25. The topological polar surface area (TPSA) is 114 Å². The van der Waals surface area contributed by atoms with Gasteiger partial charge in [-0.2, -0.15) is 0 Å². The van der Waals surface area contributed by atoms with Crippen molar-refractivity contribution in [3.05, 3.63) is 48.0 Å². The van der Waals surface area contributed by atoms with E-state index in [1.807, 2.05) is 42.5 Å². The molecule has 0 radical (unpaired) electrons. The lowest BCUT2D eigenvalue weighted by atomic mass is 10.0. The van der Waals surface area contributed by atoms with Crippen molar-refractivity contribution in [2.24, 2.45) is 0 Å². The summed E-state index contributed by atoms with van der Waals surface area (Å²) in [6.45, 7) is 2.14. The molecule has 1 aromatic rings. The zero-order valence-electron chi connectivity index (χ0n) is 19.8. The number of nitrogens with zero attached hydrogens (tertiary/aromatic N) is 2. The Kier molecular flexibility index (Phi) is 8.02. The van der Waals surface area contributed by atoms with Gasteiger partial charge in [0.2, 0.25) is 5.91 Å². The maximum atomic E-state index is 13.6. The molecule has 1 N–H and O–H groups in total. The van der Waals surface area contributed by atoms with Gasteiger partial charge < -0.3 is 19.7 Å². The molecule has 2 fully saturated rings. The Hall–Kier alpha value is -3.40. The molecule has 10 nitrogen and oxygen atoms in total. The van der Waals surface area contributed by atoms with Gasteiger partial charge in [0.1, 0.15) is 31.3 Å². The van der Waals surface area contributed by atoms with Gasteiger partial charge in [-0.25, -0.2) is 9.86 Å². The molecule has 4 atom stereocenters. The quantitative estimate of drug-likeness (QED) is 0.357. The van der Waals surface area contributed by atoms with E-state index in [1.165, 1.54) is 5.06 Å². The van der Waals surface area contributed by atoms with Crippen LogP contribution in [0.1, 0.15) is 44.6 Å². The van der Waals surface area contributed by atoms with Crippen LogP contribution in [0.2, 0.25) is 0 Å². The fourth-order valence-electron chi connectivity index (χ4n) is 4.77. The highest BCUT2D eigenvalue weighted by molar-refractivity contribution is 5.92. The lowest BCUT2D eigenvalue weighted by Crippen LogP contribution is -2.57. The molecule has 188 valence electrons. The first-order valence-electron chi connectivity index (χ1n) is 12.0. The van der Waals surface area contributed by atoms with Gasteiger partial charge in [-0.1, -0.05) is 42.5 Å². The van der Waals surface area contributed by atoms with Gasteiger partial charge in [0, 0.05) is 6.04 Å². The van der Waals surface area contributed by atoms with Gasteiger partial charge in [-0.15, -0.1) is 0 Å². The second kappa shape index (κ2) is 11.4. The minimum Gasteiger partial charge on any atom is -0.463 e. The van der Waals surface area contributed by atoms with Gasteiger partial charge in [-0.05, 0) is 38.2 Å². The van der Waals surface area contributed by atoms with Crippen molar-refractivity contribution in [3.8, 4) is 0 Å². The largest absolute Gasteiger partial charge is 0.463 e. The summed E-state index contributed by atoms with van der Waals surface area (Å²) in [4.78, 5) is 58.4. The third-order valence-electron chi connectivity index (χ3n) is 6.45. The van der Waals surface area contributed by atoms with E-state index >= 15 is 0 Å². The maximum Gasteiger partial charge on any atom is 0.408 e. The summed E-state index contributed by atoms with van der Waals surface area (Å²) in [6, 6.07) is 6.96. The fourth-order valence-corrected chi connectivity index (χ4v) is 4.77. The van der Waals surface area contributed by atoms with Crippen LogP contribution in [-0.4, -0.2) is 71.2 Å². The van der Waals surface area contributed by atoms with Crippen LogP contribution in [0, 0.1) is 0 Å². The Balaban J connectivity index is 1.46. The minimum absolute atomic E-state index is 0.0516. The van der Waals surface area contributed by atoms with E-state index in [0.29, 0.717) is 25.7 Å². The number of hydrogen-bond acceptors (Lipinski definition) is 7. The number of esters is 1. The Morgan fingerprint density at radius 2 is 1.91 bits per heavy atom. The van der Waals surface area contributed by atoms with Gasteiger partial charge in [-0.3, -0.25) is 19.2 Å². The van der Waals surface area contributed by atoms with Crippen LogP contribution in [0.5, 0.6) is 0 Å². The number of ether oxygens (including phenoxy) is 2. The number of carbonyl (C=O) groups excluding carboxylic acids is 4. The van der Waals surface area contributed by atoms with E-state index in [9.17, 15) is 19.2 Å². The highest BCUT2D eigenvalue weighted by atomic mass is 16.7. The fraction of sp³-hybridized carbons (Fsp3) is 0.520. The van der Waals surface area contributed by atoms with Crippen molar-refractivity contribution in [1.29, 1.82) is 0 Å². The second-order valence-corrected chi connectivity index (χ2v) is 8.82. The summed E-state index contributed by atoms with van der Waals surface area (Å²) >= 11 is 0. The lowest BCUT2D eigenvalue weighted by molar-refractivity contribution is -0.203. The normalized spacial score (nSPS) is 25.9. The number of fused-ring (bicyclic) bond motifs is 1. The standard InChI is InChI=1S/C25H31N3O7/c1-2-35-28(19-14-22(29)33-16-19)24(31)21-13-12-18-10-6-7-11-20(23(30)27(18)21)26-25(32)34-15-17-8-4-3-5-9-17/h3-9,18-21H,2,10-16H2,1H3,(H,26,32). The van der Waals surface area contributed by atoms with Crippen molar-refractivity contribution in [2.45, 2.75) is 69.8 Å². The number of cyclic esters (lactones) is 1. The Morgan fingerprint density at radius 3 is 2.63 bits per heavy atom. The number of hydrogen-bond donors (Lipinski definition) is 1. The van der Waals surface area contributed by atoms with Crippen LogP contribution < -0.4 is 5.32 Å². The van der Waals surface area contributed by atoms with Crippen LogP contribution in [0.3, 0.4) is 0 Å². The molecule has 1 aromatic carbocycles. The number of rotatable bonds is 7. The SMILES string of the molecule is CCON(C(=O)C1CCC2CC=CCC(NC(=O)OCc3ccccc3)C(=O)N21)C1COC(=O)C1. The zero-order valence-corrected chi connectivity index (χ0v) is 19.8. The van der Waals surface area contributed by atoms with Crippen LogP contribution in [0.25, 0.3) is 0 Å². The molecule has 0 saturated carbocycles. The molecule has 35 heavy (non-hydrogen) atoms. The molecule has 4 rings (SSSR count). The minimum atomic E-state index is -0.859. The molecule has 10 heteroatoms. The summed E-state index contributed by atoms with van der Waals surface area (Å²) < 4.78 is 10.3. The number of alkyl carbamates (subject to hydrolysis) is 1. The van der Waals surface area contributed by atoms with Gasteiger partial charge in [0.25, 0.3) is 5.91 Å². The number of hydroxylamine groups is 2. The monoisotopic (exact) mass is 485 g/mol. The molecule has 0 spiro atoms. The summed E-state index contributed by atoms with van der Waals surface area (Å²) in [5.74, 6) is -1.09. The maximum absolute atomic E-state index is 13.6. The van der Waals surface area contributed by atoms with Crippen molar-refractivity contribution < 1.29 is 33.5 Å². The van der Waals surface area contributed by atoms with E-state index in [1.54, 1.807) is 11.8 Å². The third kappa shape index (κ3) is 5.82. The lowest BCUT2D eigenvalue weighted by Gasteiger charge is -2.36. The molecule has 2 saturated heterocycles. The van der Waals surface area contributed by atoms with Crippen LogP contribution in [-0.2, 0) is 35.3 Å². The second-order valence-electron chi connectivity index (χ2n) is 8.82. The van der Waals surface area contributed by atoms with E-state index in [4.69, 9.17) is 14.3 Å². The molecule has 3 heterocycles. The Morgan fingerprint density at radius 1 is 1.14 bits per heavy atom. The molecule has 0 aromatic heterocycles. The third-order valence-corrected chi connectivity index (χ3v) is 6.45. The van der Waals surface area contributed by atoms with Gasteiger partial charge in [0.15, 0.2) is 0 Å². The van der Waals surface area contributed by atoms with Crippen LogP contribution in [0.4, 0.5) is 4.79 Å². The van der Waals surface area contributed by atoms with Crippen molar-refractivity contribution in [3.63, 3.8) is 0 Å². The first-order valence-corrected chi connectivity index (χ1v) is 12.0. The molecule has 0 aliphatic carbocycles.